The molecule has 0 aliphatic heterocycles. The van der Waals surface area contributed by atoms with Gasteiger partial charge < -0.3 is 0 Å². The molecule has 0 atom stereocenters. The van der Waals surface area contributed by atoms with E-state index in [-0.39, 0.29) is 5.91 Å². The zero-order chi connectivity index (χ0) is 11.7. The number of amides is 1. The van der Waals surface area contributed by atoms with Crippen LogP contribution in [-0.2, 0) is 4.84 Å². The van der Waals surface area contributed by atoms with Crippen molar-refractivity contribution in [3.05, 3.63) is 28.8 Å². The van der Waals surface area contributed by atoms with Crippen LogP contribution in [0.1, 0.15) is 15.4 Å². The number of rotatable bonds is 2. The van der Waals surface area contributed by atoms with Gasteiger partial charge >= 0.3 is 5.91 Å². The Morgan fingerprint density at radius 1 is 1.50 bits per heavy atom. The van der Waals surface area contributed by atoms with Gasteiger partial charge in [-0.25, -0.2) is 10.0 Å². The number of carbonyl (C=O) groups excluding carboxylic acids is 1. The minimum Gasteiger partial charge on any atom is -0.274 e. The van der Waals surface area contributed by atoms with Crippen LogP contribution in [0.3, 0.4) is 0 Å². The molecule has 84 valence electrons. The van der Waals surface area contributed by atoms with E-state index in [0.717, 1.165) is 15.8 Å². The fourth-order valence-electron chi connectivity index (χ4n) is 1.34. The number of hydroxylamine groups is 2. The van der Waals surface area contributed by atoms with Gasteiger partial charge in [-0.3, -0.25) is 9.63 Å². The van der Waals surface area contributed by atoms with Gasteiger partial charge in [-0.2, -0.15) is 0 Å². The maximum absolute atomic E-state index is 11.8. The molecule has 0 fully saturated rings. The lowest BCUT2D eigenvalue weighted by Crippen LogP contribution is -2.25. The molecule has 0 bridgehead atoms. The van der Waals surface area contributed by atoms with Crippen LogP contribution in [0.4, 0.5) is 0 Å². The normalized spacial score (nSPS) is 10.7. The number of fused-ring (bicyclic) bond motifs is 1. The number of hydrogen-bond donors (Lipinski definition) is 0. The van der Waals surface area contributed by atoms with Crippen molar-refractivity contribution >= 4 is 27.5 Å². The quantitative estimate of drug-likeness (QED) is 0.751. The molecule has 1 heterocycles. The van der Waals surface area contributed by atoms with Crippen molar-refractivity contribution in [1.82, 2.24) is 10.0 Å². The number of aryl methyl sites for hydroxylation is 1. The van der Waals surface area contributed by atoms with E-state index >= 15 is 0 Å². The summed E-state index contributed by atoms with van der Waals surface area (Å²) in [7, 11) is 3.02. The predicted octanol–water partition coefficient (Wildman–Crippen LogP) is 2.24. The Morgan fingerprint density at radius 3 is 2.94 bits per heavy atom. The van der Waals surface area contributed by atoms with E-state index in [1.165, 1.54) is 23.5 Å². The van der Waals surface area contributed by atoms with Gasteiger partial charge in [0.25, 0.3) is 0 Å². The standard InChI is InChI=1S/C11H12N2O2S/c1-7-4-5-8-9(6-7)16-10(12-8)11(14)13(2)15-3/h4-6H,1-3H3. The molecule has 16 heavy (non-hydrogen) atoms. The fourth-order valence-corrected chi connectivity index (χ4v) is 2.37. The van der Waals surface area contributed by atoms with Gasteiger partial charge in [0.1, 0.15) is 0 Å². The highest BCUT2D eigenvalue weighted by molar-refractivity contribution is 7.20. The van der Waals surface area contributed by atoms with Crippen LogP contribution >= 0.6 is 11.3 Å². The number of thiazole rings is 1. The van der Waals surface area contributed by atoms with Crippen LogP contribution < -0.4 is 0 Å². The third-order valence-electron chi connectivity index (χ3n) is 2.29. The van der Waals surface area contributed by atoms with Gasteiger partial charge in [0.2, 0.25) is 0 Å². The number of carbonyl (C=O) groups is 1. The molecular formula is C11H12N2O2S. The van der Waals surface area contributed by atoms with Gasteiger partial charge in [-0.15, -0.1) is 11.3 Å². The summed E-state index contributed by atoms with van der Waals surface area (Å²) < 4.78 is 1.02. The van der Waals surface area contributed by atoms with Crippen LogP contribution in [0.5, 0.6) is 0 Å². The number of nitrogens with zero attached hydrogens (tertiary/aromatic N) is 2. The van der Waals surface area contributed by atoms with E-state index in [0.29, 0.717) is 5.01 Å². The molecule has 1 aromatic heterocycles. The smallest absolute Gasteiger partial charge is 0.274 e. The largest absolute Gasteiger partial charge is 0.306 e. The van der Waals surface area contributed by atoms with E-state index in [2.05, 4.69) is 4.98 Å². The van der Waals surface area contributed by atoms with E-state index in [9.17, 15) is 4.79 Å². The molecule has 0 unspecified atom stereocenters. The third-order valence-corrected chi connectivity index (χ3v) is 3.29. The molecule has 1 aromatic carbocycles. The van der Waals surface area contributed by atoms with Crippen LogP contribution in [-0.4, -0.2) is 30.1 Å². The van der Waals surface area contributed by atoms with Crippen molar-refractivity contribution in [3.8, 4) is 0 Å². The lowest BCUT2D eigenvalue weighted by atomic mass is 10.2. The summed E-state index contributed by atoms with van der Waals surface area (Å²) in [5.74, 6) is -0.221. The van der Waals surface area contributed by atoms with E-state index < -0.39 is 0 Å². The maximum Gasteiger partial charge on any atom is 0.306 e. The predicted molar refractivity (Wildman–Crippen MR) is 63.5 cm³/mol. The zero-order valence-corrected chi connectivity index (χ0v) is 10.2. The molecule has 0 aliphatic carbocycles. The van der Waals surface area contributed by atoms with Crippen molar-refractivity contribution in [2.45, 2.75) is 6.92 Å². The van der Waals surface area contributed by atoms with E-state index in [1.54, 1.807) is 7.05 Å². The Balaban J connectivity index is 2.43. The first-order valence-corrected chi connectivity index (χ1v) is 5.63. The van der Waals surface area contributed by atoms with Crippen LogP contribution in [0, 0.1) is 6.92 Å². The molecule has 0 saturated carbocycles. The first-order chi connectivity index (χ1) is 7.61. The van der Waals surface area contributed by atoms with Crippen molar-refractivity contribution in [2.24, 2.45) is 0 Å². The summed E-state index contributed by atoms with van der Waals surface area (Å²) in [6.07, 6.45) is 0. The monoisotopic (exact) mass is 236 g/mol. The van der Waals surface area contributed by atoms with Crippen LogP contribution in [0.15, 0.2) is 18.2 Å². The van der Waals surface area contributed by atoms with Crippen molar-refractivity contribution in [3.63, 3.8) is 0 Å². The average molecular weight is 236 g/mol. The summed E-state index contributed by atoms with van der Waals surface area (Å²) in [4.78, 5) is 20.9. The molecule has 0 saturated heterocycles. The highest BCUT2D eigenvalue weighted by Gasteiger charge is 2.16. The van der Waals surface area contributed by atoms with Gasteiger partial charge in [-0.05, 0) is 24.6 Å². The maximum atomic E-state index is 11.8. The second kappa shape index (κ2) is 4.19. The minimum absolute atomic E-state index is 0.221. The molecule has 4 nitrogen and oxygen atoms in total. The van der Waals surface area contributed by atoms with Crippen molar-refractivity contribution in [1.29, 1.82) is 0 Å². The second-order valence-electron chi connectivity index (χ2n) is 3.48. The lowest BCUT2D eigenvalue weighted by molar-refractivity contribution is -0.0756. The van der Waals surface area contributed by atoms with Crippen LogP contribution in [0.25, 0.3) is 10.2 Å². The number of aromatic nitrogens is 1. The van der Waals surface area contributed by atoms with Gasteiger partial charge in [0, 0.05) is 7.05 Å². The zero-order valence-electron chi connectivity index (χ0n) is 9.35. The second-order valence-corrected chi connectivity index (χ2v) is 4.51. The van der Waals surface area contributed by atoms with Gasteiger partial charge in [-0.1, -0.05) is 6.07 Å². The Labute approximate surface area is 97.4 Å². The molecule has 1 amide bonds. The summed E-state index contributed by atoms with van der Waals surface area (Å²) in [6, 6.07) is 5.93. The van der Waals surface area contributed by atoms with Crippen molar-refractivity contribution < 1.29 is 9.63 Å². The number of hydrogen-bond acceptors (Lipinski definition) is 4. The first kappa shape index (κ1) is 11.0. The molecule has 5 heteroatoms. The van der Waals surface area contributed by atoms with Gasteiger partial charge in [0.05, 0.1) is 17.3 Å². The third kappa shape index (κ3) is 1.91. The number of benzene rings is 1. The Kier molecular flexibility index (Phi) is 2.89. The topological polar surface area (TPSA) is 42.4 Å². The molecule has 2 rings (SSSR count). The van der Waals surface area contributed by atoms with Gasteiger partial charge in [0.15, 0.2) is 5.01 Å². The summed E-state index contributed by atoms with van der Waals surface area (Å²) in [6.45, 7) is 2.02. The average Bonchev–Trinajstić information content (AvgIpc) is 2.69. The summed E-state index contributed by atoms with van der Waals surface area (Å²) in [5.41, 5.74) is 2.01. The Bertz CT molecular complexity index is 536. The first-order valence-electron chi connectivity index (χ1n) is 4.81. The van der Waals surface area contributed by atoms with E-state index in [1.807, 2.05) is 25.1 Å². The summed E-state index contributed by atoms with van der Waals surface area (Å²) >= 11 is 1.38. The van der Waals surface area contributed by atoms with E-state index in [4.69, 9.17) is 4.84 Å². The Morgan fingerprint density at radius 2 is 2.25 bits per heavy atom. The fraction of sp³-hybridized carbons (Fsp3) is 0.273. The molecular weight excluding hydrogens is 224 g/mol. The van der Waals surface area contributed by atoms with Crippen LogP contribution in [0.2, 0.25) is 0 Å². The molecule has 0 spiro atoms. The lowest BCUT2D eigenvalue weighted by Gasteiger charge is -2.10. The molecule has 0 aliphatic rings. The molecule has 0 radical (unpaired) electrons. The molecule has 2 aromatic rings. The summed E-state index contributed by atoms with van der Waals surface area (Å²) in [5, 5.41) is 1.62. The Hall–Kier alpha value is -1.46. The highest BCUT2D eigenvalue weighted by atomic mass is 32.1. The minimum atomic E-state index is -0.221. The van der Waals surface area contributed by atoms with Crippen molar-refractivity contribution in [2.75, 3.05) is 14.2 Å². The SMILES string of the molecule is CON(C)C(=O)c1nc2ccc(C)cc2s1. The highest BCUT2D eigenvalue weighted by Crippen LogP contribution is 2.23. The molecule has 0 N–H and O–H groups in total.